The molecular weight excluding hydrogens is 527 g/mol. The molecule has 8 nitrogen and oxygen atoms in total. The van der Waals surface area contributed by atoms with E-state index in [1.807, 2.05) is 43.0 Å². The minimum atomic E-state index is -1.03. The van der Waals surface area contributed by atoms with Crippen LogP contribution >= 0.6 is 0 Å². The lowest BCUT2D eigenvalue weighted by molar-refractivity contribution is -0.143. The molecule has 3 atom stereocenters. The average Bonchev–Trinajstić information content (AvgIpc) is 3.58. The summed E-state index contributed by atoms with van der Waals surface area (Å²) in [6.07, 6.45) is 1.52. The fourth-order valence-corrected chi connectivity index (χ4v) is 6.01. The van der Waals surface area contributed by atoms with Gasteiger partial charge in [-0.25, -0.2) is 4.39 Å². The van der Waals surface area contributed by atoms with Crippen molar-refractivity contribution in [1.29, 1.82) is 0 Å². The van der Waals surface area contributed by atoms with Crippen LogP contribution in [0.1, 0.15) is 55.0 Å². The summed E-state index contributed by atoms with van der Waals surface area (Å²) in [4.78, 5) is 28.2. The zero-order valence-corrected chi connectivity index (χ0v) is 23.5. The maximum absolute atomic E-state index is 15.0. The zero-order valence-electron chi connectivity index (χ0n) is 23.5. The summed E-state index contributed by atoms with van der Waals surface area (Å²) in [5.41, 5.74) is 4.09. The number of rotatable bonds is 10. The molecule has 0 saturated carbocycles. The maximum atomic E-state index is 15.0. The molecule has 0 radical (unpaired) electrons. The first-order chi connectivity index (χ1) is 19.8. The second-order valence-electron chi connectivity index (χ2n) is 10.3. The second kappa shape index (κ2) is 12.2. The average molecular weight is 563 g/mol. The number of hydrogen-bond acceptors (Lipinski definition) is 6. The number of aliphatic carboxylic acids is 1. The Morgan fingerprint density at radius 3 is 2.37 bits per heavy atom. The van der Waals surface area contributed by atoms with Gasteiger partial charge in [-0.3, -0.25) is 14.5 Å². The highest BCUT2D eigenvalue weighted by Gasteiger charge is 2.48. The molecule has 0 aliphatic carbocycles. The van der Waals surface area contributed by atoms with Crippen molar-refractivity contribution in [1.82, 2.24) is 4.90 Å². The van der Waals surface area contributed by atoms with E-state index in [4.69, 9.17) is 14.2 Å². The molecule has 0 aromatic heterocycles. The van der Waals surface area contributed by atoms with Crippen molar-refractivity contribution in [3.05, 3.63) is 82.7 Å². The number of nitrogens with one attached hydrogen (secondary N) is 1. The van der Waals surface area contributed by atoms with Crippen LogP contribution < -0.4 is 19.5 Å². The predicted molar refractivity (Wildman–Crippen MR) is 152 cm³/mol. The number of hydrogen-bond donors (Lipinski definition) is 2. The first kappa shape index (κ1) is 28.4. The Balaban J connectivity index is 1.51. The number of carboxylic acids is 1. The predicted octanol–water partition coefficient (Wildman–Crippen LogP) is 5.56. The summed E-state index contributed by atoms with van der Waals surface area (Å²) in [6.45, 7) is 6.45. The minimum Gasteiger partial charge on any atom is -0.491 e. The van der Waals surface area contributed by atoms with E-state index >= 15 is 4.39 Å². The number of nitrogens with zero attached hydrogens (tertiary/aromatic N) is 1. The van der Waals surface area contributed by atoms with E-state index in [0.717, 1.165) is 35.2 Å². The van der Waals surface area contributed by atoms with E-state index in [1.165, 1.54) is 12.1 Å². The molecule has 3 aromatic carbocycles. The Bertz CT molecular complexity index is 1420. The van der Waals surface area contributed by atoms with Gasteiger partial charge in [0.1, 0.15) is 0 Å². The van der Waals surface area contributed by atoms with Gasteiger partial charge in [-0.1, -0.05) is 44.2 Å². The number of carbonyl (C=O) groups excluding carboxylic acids is 1. The second-order valence-corrected chi connectivity index (χ2v) is 10.3. The molecule has 2 heterocycles. The van der Waals surface area contributed by atoms with E-state index in [0.29, 0.717) is 23.7 Å². The summed E-state index contributed by atoms with van der Waals surface area (Å²) in [7, 11) is 0. The standard InChI is InChI=1S/C32H35FN2O6/c1-4-19-8-7-9-20(5-2)30(19)34-28(36)17-35-16-23(21-10-13-26-27(15-21)41-18-40-26)29(32(37)38)31(35)22-11-12-25(39-6-3)24(33)14-22/h7-15,23,29,31H,4-6,16-18H2,1-3H3,(H,34,36)(H,37,38)/t23-,29+,31-/m1/s1. The van der Waals surface area contributed by atoms with Crippen LogP contribution in [0.25, 0.3) is 0 Å². The van der Waals surface area contributed by atoms with Crippen molar-refractivity contribution in [3.63, 3.8) is 0 Å². The molecule has 2 aliphatic heterocycles. The molecule has 216 valence electrons. The van der Waals surface area contributed by atoms with Crippen LogP contribution in [0.4, 0.5) is 10.1 Å². The third kappa shape index (κ3) is 5.72. The number of carbonyl (C=O) groups is 2. The normalized spacial score (nSPS) is 19.8. The van der Waals surface area contributed by atoms with Gasteiger partial charge in [0.15, 0.2) is 23.1 Å². The van der Waals surface area contributed by atoms with Crippen LogP contribution in [0.15, 0.2) is 54.6 Å². The van der Waals surface area contributed by atoms with Crippen molar-refractivity contribution in [2.45, 2.75) is 45.6 Å². The third-order valence-corrected chi connectivity index (χ3v) is 7.92. The van der Waals surface area contributed by atoms with Crippen molar-refractivity contribution >= 4 is 17.6 Å². The van der Waals surface area contributed by atoms with Crippen molar-refractivity contribution in [2.24, 2.45) is 5.92 Å². The lowest BCUT2D eigenvalue weighted by atomic mass is 9.82. The number of benzene rings is 3. The Morgan fingerprint density at radius 2 is 1.71 bits per heavy atom. The number of para-hydroxylation sites is 1. The molecule has 1 fully saturated rings. The number of halogens is 1. The highest BCUT2D eigenvalue weighted by molar-refractivity contribution is 5.94. The number of aryl methyl sites for hydroxylation is 2. The first-order valence-electron chi connectivity index (χ1n) is 14.0. The molecule has 9 heteroatoms. The summed E-state index contributed by atoms with van der Waals surface area (Å²) >= 11 is 0. The van der Waals surface area contributed by atoms with Gasteiger partial charge in [-0.15, -0.1) is 0 Å². The first-order valence-corrected chi connectivity index (χ1v) is 14.0. The van der Waals surface area contributed by atoms with Gasteiger partial charge in [0.25, 0.3) is 0 Å². The molecule has 0 spiro atoms. The van der Waals surface area contributed by atoms with Crippen molar-refractivity contribution in [2.75, 3.05) is 31.8 Å². The molecule has 5 rings (SSSR count). The van der Waals surface area contributed by atoms with E-state index in [9.17, 15) is 14.7 Å². The molecule has 0 bridgehead atoms. The van der Waals surface area contributed by atoms with Crippen molar-refractivity contribution < 1.29 is 33.3 Å². The quantitative estimate of drug-likeness (QED) is 0.334. The molecule has 41 heavy (non-hydrogen) atoms. The van der Waals surface area contributed by atoms with E-state index < -0.39 is 29.7 Å². The van der Waals surface area contributed by atoms with Gasteiger partial charge in [0.05, 0.1) is 19.1 Å². The number of ether oxygens (including phenoxy) is 3. The number of amides is 1. The van der Waals surface area contributed by atoms with E-state index in [2.05, 4.69) is 5.32 Å². The number of anilines is 1. The van der Waals surface area contributed by atoms with E-state index in [1.54, 1.807) is 25.1 Å². The zero-order chi connectivity index (χ0) is 29.1. The van der Waals surface area contributed by atoms with Crippen LogP contribution in [0.2, 0.25) is 0 Å². The molecule has 2 aliphatic rings. The minimum absolute atomic E-state index is 0.0640. The number of fused-ring (bicyclic) bond motifs is 1. The lowest BCUT2D eigenvalue weighted by Crippen LogP contribution is -2.35. The van der Waals surface area contributed by atoms with Crippen LogP contribution in [0, 0.1) is 11.7 Å². The van der Waals surface area contributed by atoms with Gasteiger partial charge in [0, 0.05) is 24.2 Å². The van der Waals surface area contributed by atoms with Gasteiger partial charge >= 0.3 is 5.97 Å². The van der Waals surface area contributed by atoms with Crippen molar-refractivity contribution in [3.8, 4) is 17.2 Å². The summed E-state index contributed by atoms with van der Waals surface area (Å²) in [5.74, 6) is -2.05. The van der Waals surface area contributed by atoms with Gasteiger partial charge < -0.3 is 24.6 Å². The molecule has 1 amide bonds. The summed E-state index contributed by atoms with van der Waals surface area (Å²) in [6, 6.07) is 15.1. The molecule has 2 N–H and O–H groups in total. The Hall–Kier alpha value is -4.11. The van der Waals surface area contributed by atoms with Gasteiger partial charge in [0.2, 0.25) is 12.7 Å². The maximum Gasteiger partial charge on any atom is 0.309 e. The summed E-state index contributed by atoms with van der Waals surface area (Å²) < 4.78 is 31.4. The fourth-order valence-electron chi connectivity index (χ4n) is 6.01. The SMILES string of the molecule is CCOc1ccc([C@@H]2[C@@H](C(=O)O)[C@@H](c3ccc4c(c3)OCO4)CN2CC(=O)Nc2c(CC)cccc2CC)cc1F. The smallest absolute Gasteiger partial charge is 0.309 e. The fraction of sp³-hybridized carbons (Fsp3) is 0.375. The lowest BCUT2D eigenvalue weighted by Gasteiger charge is -2.27. The Kier molecular flexibility index (Phi) is 8.44. The highest BCUT2D eigenvalue weighted by Crippen LogP contribution is 2.48. The van der Waals surface area contributed by atoms with Crippen LogP contribution in [-0.4, -0.2) is 48.4 Å². The van der Waals surface area contributed by atoms with Crippen LogP contribution in [0.3, 0.4) is 0 Å². The Morgan fingerprint density at radius 1 is 1.00 bits per heavy atom. The van der Waals surface area contributed by atoms with Gasteiger partial charge in [-0.05, 0) is 66.3 Å². The Labute approximate surface area is 239 Å². The van der Waals surface area contributed by atoms with Gasteiger partial charge in [-0.2, -0.15) is 0 Å². The third-order valence-electron chi connectivity index (χ3n) is 7.92. The molecular formula is C32H35FN2O6. The molecule has 1 saturated heterocycles. The largest absolute Gasteiger partial charge is 0.491 e. The van der Waals surface area contributed by atoms with E-state index in [-0.39, 0.29) is 31.5 Å². The topological polar surface area (TPSA) is 97.3 Å². The number of likely N-dealkylation sites (tertiary alicyclic amines) is 1. The van der Waals surface area contributed by atoms with Crippen LogP contribution in [0.5, 0.6) is 17.2 Å². The highest BCUT2D eigenvalue weighted by atomic mass is 19.1. The monoisotopic (exact) mass is 562 g/mol. The summed E-state index contributed by atoms with van der Waals surface area (Å²) in [5, 5.41) is 13.6. The molecule has 3 aromatic rings. The van der Waals surface area contributed by atoms with Crippen LogP contribution in [-0.2, 0) is 22.4 Å². The number of carboxylic acid groups (broad SMARTS) is 1. The molecule has 0 unspecified atom stereocenters.